The van der Waals surface area contributed by atoms with Crippen molar-refractivity contribution in [2.75, 3.05) is 33.8 Å². The second-order valence-electron chi connectivity index (χ2n) is 7.63. The topological polar surface area (TPSA) is 105 Å². The molecule has 0 bridgehead atoms. The summed E-state index contributed by atoms with van der Waals surface area (Å²) in [5, 5.41) is 2.89. The molecule has 3 aromatic rings. The predicted molar refractivity (Wildman–Crippen MR) is 131 cm³/mol. The number of hydrogen-bond acceptors (Lipinski definition) is 8. The minimum Gasteiger partial charge on any atom is -0.494 e. The third-order valence-corrected chi connectivity index (χ3v) is 6.13. The van der Waals surface area contributed by atoms with Crippen LogP contribution in [0.15, 0.2) is 36.5 Å². The normalized spacial score (nSPS) is 11.8. The molecule has 0 aliphatic rings. The molecule has 0 saturated carbocycles. The zero-order valence-electron chi connectivity index (χ0n) is 19.6. The molecule has 0 radical (unpaired) electrons. The lowest BCUT2D eigenvalue weighted by Gasteiger charge is -2.19. The van der Waals surface area contributed by atoms with Gasteiger partial charge >= 0.3 is 0 Å². The molecule has 3 rings (SSSR count). The maximum absolute atomic E-state index is 12.6. The lowest BCUT2D eigenvalue weighted by molar-refractivity contribution is -0.118. The van der Waals surface area contributed by atoms with Gasteiger partial charge in [0.25, 0.3) is 0 Å². The van der Waals surface area contributed by atoms with Gasteiger partial charge in [-0.05, 0) is 35.6 Å². The lowest BCUT2D eigenvalue weighted by atomic mass is 10.0. The number of hydrogen-bond donors (Lipinski definition) is 2. The van der Waals surface area contributed by atoms with Crippen molar-refractivity contribution in [2.45, 2.75) is 19.9 Å². The standard InChI is InChI=1S/C24H29N3O5S/c1-13(2)20(25)24(28)27-17-9-7-8-15(21(17)31-5)16-12-26-33-23(16)14-10-18(29-3)22(32-6)19(11-14)30-4/h7-13,20H,25H2,1-6H3,(H,27,28). The van der Waals surface area contributed by atoms with Gasteiger partial charge in [0.05, 0.1) is 45.0 Å². The molecule has 0 spiro atoms. The summed E-state index contributed by atoms with van der Waals surface area (Å²) < 4.78 is 26.6. The Morgan fingerprint density at radius 2 is 1.61 bits per heavy atom. The number of amides is 1. The second-order valence-corrected chi connectivity index (χ2v) is 8.43. The van der Waals surface area contributed by atoms with Gasteiger partial charge in [-0.1, -0.05) is 26.0 Å². The summed E-state index contributed by atoms with van der Waals surface area (Å²) in [5.74, 6) is 1.86. The van der Waals surface area contributed by atoms with Crippen LogP contribution in [0.4, 0.5) is 5.69 Å². The van der Waals surface area contributed by atoms with E-state index in [1.54, 1.807) is 40.7 Å². The minimum atomic E-state index is -0.629. The van der Waals surface area contributed by atoms with E-state index in [-0.39, 0.29) is 11.8 Å². The molecule has 1 atom stereocenters. The highest BCUT2D eigenvalue weighted by Crippen LogP contribution is 2.47. The highest BCUT2D eigenvalue weighted by Gasteiger charge is 2.23. The summed E-state index contributed by atoms with van der Waals surface area (Å²) in [6, 6.07) is 8.67. The fourth-order valence-electron chi connectivity index (χ4n) is 3.44. The summed E-state index contributed by atoms with van der Waals surface area (Å²) in [4.78, 5) is 13.5. The highest BCUT2D eigenvalue weighted by atomic mass is 32.1. The fraction of sp³-hybridized carbons (Fsp3) is 0.333. The number of para-hydroxylation sites is 1. The van der Waals surface area contributed by atoms with Crippen LogP contribution in [0.2, 0.25) is 0 Å². The van der Waals surface area contributed by atoms with E-state index in [0.29, 0.717) is 28.7 Å². The number of methoxy groups -OCH3 is 4. The van der Waals surface area contributed by atoms with Gasteiger partial charge < -0.3 is 30.0 Å². The molecule has 2 aromatic carbocycles. The first-order valence-electron chi connectivity index (χ1n) is 10.3. The quantitative estimate of drug-likeness (QED) is 0.475. The molecule has 0 aliphatic carbocycles. The molecule has 1 amide bonds. The van der Waals surface area contributed by atoms with Gasteiger partial charge in [0.1, 0.15) is 5.75 Å². The van der Waals surface area contributed by atoms with Crippen LogP contribution in [0.5, 0.6) is 23.0 Å². The van der Waals surface area contributed by atoms with E-state index in [4.69, 9.17) is 24.7 Å². The Bertz CT molecular complexity index is 1100. The summed E-state index contributed by atoms with van der Waals surface area (Å²) in [5.41, 5.74) is 9.03. The first-order valence-corrected chi connectivity index (χ1v) is 11.1. The minimum absolute atomic E-state index is 0.00638. The van der Waals surface area contributed by atoms with E-state index in [2.05, 4.69) is 9.69 Å². The van der Waals surface area contributed by atoms with Crippen LogP contribution >= 0.6 is 11.5 Å². The molecule has 33 heavy (non-hydrogen) atoms. The van der Waals surface area contributed by atoms with Crippen molar-refractivity contribution in [1.82, 2.24) is 4.37 Å². The molecule has 1 aromatic heterocycles. The maximum atomic E-state index is 12.6. The zero-order chi connectivity index (χ0) is 24.1. The van der Waals surface area contributed by atoms with Crippen LogP contribution in [-0.4, -0.2) is 44.8 Å². The van der Waals surface area contributed by atoms with Crippen LogP contribution in [0.25, 0.3) is 21.6 Å². The molecule has 0 aliphatic heterocycles. The van der Waals surface area contributed by atoms with Crippen molar-refractivity contribution >= 4 is 23.1 Å². The SMILES string of the molecule is COc1cc(-c2sncc2-c2cccc(NC(=O)C(N)C(C)C)c2OC)cc(OC)c1OC. The largest absolute Gasteiger partial charge is 0.494 e. The number of anilines is 1. The molecule has 8 nitrogen and oxygen atoms in total. The van der Waals surface area contributed by atoms with E-state index in [0.717, 1.165) is 21.6 Å². The Labute approximate surface area is 197 Å². The smallest absolute Gasteiger partial charge is 0.241 e. The Balaban J connectivity index is 2.10. The monoisotopic (exact) mass is 471 g/mol. The van der Waals surface area contributed by atoms with Crippen molar-refractivity contribution in [3.63, 3.8) is 0 Å². The maximum Gasteiger partial charge on any atom is 0.241 e. The third kappa shape index (κ3) is 4.89. The van der Waals surface area contributed by atoms with Gasteiger partial charge in [-0.2, -0.15) is 4.37 Å². The Kier molecular flexibility index (Phi) is 7.78. The third-order valence-electron chi connectivity index (χ3n) is 5.29. The van der Waals surface area contributed by atoms with Gasteiger partial charge in [0, 0.05) is 22.9 Å². The van der Waals surface area contributed by atoms with Gasteiger partial charge in [-0.15, -0.1) is 0 Å². The Morgan fingerprint density at radius 1 is 0.970 bits per heavy atom. The van der Waals surface area contributed by atoms with Crippen LogP contribution < -0.4 is 30.0 Å². The average Bonchev–Trinajstić information content (AvgIpc) is 3.31. The molecule has 176 valence electrons. The number of nitrogens with two attached hydrogens (primary N) is 1. The summed E-state index contributed by atoms with van der Waals surface area (Å²) in [7, 11) is 6.28. The van der Waals surface area contributed by atoms with E-state index < -0.39 is 6.04 Å². The summed E-state index contributed by atoms with van der Waals surface area (Å²) >= 11 is 1.33. The van der Waals surface area contributed by atoms with E-state index in [1.807, 2.05) is 38.1 Å². The van der Waals surface area contributed by atoms with Crippen molar-refractivity contribution in [3.8, 4) is 44.6 Å². The van der Waals surface area contributed by atoms with E-state index >= 15 is 0 Å². The van der Waals surface area contributed by atoms with Gasteiger partial charge in [0.15, 0.2) is 11.5 Å². The first kappa shape index (κ1) is 24.3. The number of ether oxygens (including phenoxy) is 4. The molecule has 0 fully saturated rings. The van der Waals surface area contributed by atoms with Crippen LogP contribution in [0, 0.1) is 5.92 Å². The highest BCUT2D eigenvalue weighted by molar-refractivity contribution is 7.10. The summed E-state index contributed by atoms with van der Waals surface area (Å²) in [6.45, 7) is 3.80. The fourth-order valence-corrected chi connectivity index (χ4v) is 4.19. The first-order chi connectivity index (χ1) is 15.9. The summed E-state index contributed by atoms with van der Waals surface area (Å²) in [6.07, 6.45) is 1.77. The molecule has 0 saturated heterocycles. The Morgan fingerprint density at radius 3 is 2.15 bits per heavy atom. The number of aromatic nitrogens is 1. The molecule has 9 heteroatoms. The van der Waals surface area contributed by atoms with Crippen molar-refractivity contribution in [1.29, 1.82) is 0 Å². The second kappa shape index (κ2) is 10.5. The van der Waals surface area contributed by atoms with E-state index in [1.165, 1.54) is 11.5 Å². The molecule has 1 heterocycles. The molecule has 3 N–H and O–H groups in total. The van der Waals surface area contributed by atoms with Crippen LogP contribution in [-0.2, 0) is 4.79 Å². The van der Waals surface area contributed by atoms with Crippen LogP contribution in [0.1, 0.15) is 13.8 Å². The van der Waals surface area contributed by atoms with Crippen molar-refractivity contribution in [2.24, 2.45) is 11.7 Å². The Hall–Kier alpha value is -3.30. The number of carbonyl (C=O) groups excluding carboxylic acids is 1. The zero-order valence-corrected chi connectivity index (χ0v) is 20.4. The van der Waals surface area contributed by atoms with Gasteiger partial charge in [-0.3, -0.25) is 4.79 Å². The number of nitrogens with zero attached hydrogens (tertiary/aromatic N) is 1. The number of nitrogens with one attached hydrogen (secondary N) is 1. The number of benzene rings is 2. The molecular weight excluding hydrogens is 442 g/mol. The van der Waals surface area contributed by atoms with Gasteiger partial charge in [-0.25, -0.2) is 0 Å². The number of carbonyl (C=O) groups is 1. The molecule has 1 unspecified atom stereocenters. The lowest BCUT2D eigenvalue weighted by Crippen LogP contribution is -2.39. The molecular formula is C24H29N3O5S. The predicted octanol–water partition coefficient (Wildman–Crippen LogP) is 4.43. The van der Waals surface area contributed by atoms with Gasteiger partial charge in [0.2, 0.25) is 11.7 Å². The number of rotatable bonds is 9. The average molecular weight is 472 g/mol. The van der Waals surface area contributed by atoms with Crippen LogP contribution in [0.3, 0.4) is 0 Å². The van der Waals surface area contributed by atoms with Crippen molar-refractivity contribution < 1.29 is 23.7 Å². The van der Waals surface area contributed by atoms with Crippen molar-refractivity contribution in [3.05, 3.63) is 36.5 Å². The van der Waals surface area contributed by atoms with E-state index in [9.17, 15) is 4.79 Å².